The van der Waals surface area contributed by atoms with E-state index in [1.165, 1.54) is 24.4 Å². The first-order chi connectivity index (χ1) is 13.0. The lowest BCUT2D eigenvalue weighted by Crippen LogP contribution is -1.99. The summed E-state index contributed by atoms with van der Waals surface area (Å²) in [5, 5.41) is 33.4. The number of fused-ring (bicyclic) bond motifs is 3. The number of hydrazone groups is 1. The number of nitrogens with one attached hydrogen (secondary N) is 2. The zero-order valence-electron chi connectivity index (χ0n) is 14.0. The van der Waals surface area contributed by atoms with Gasteiger partial charge in [-0.3, -0.25) is 10.1 Å². The van der Waals surface area contributed by atoms with E-state index in [2.05, 4.69) is 30.7 Å². The number of nitrogens with zero attached hydrogens (tertiary/aromatic N) is 5. The van der Waals surface area contributed by atoms with E-state index in [1.807, 2.05) is 25.1 Å². The molecular weight excluding hydrogens is 350 g/mol. The van der Waals surface area contributed by atoms with E-state index in [4.69, 9.17) is 0 Å². The number of hydrogen-bond acceptors (Lipinski definition) is 8. The minimum atomic E-state index is -0.668. The molecule has 0 spiro atoms. The summed E-state index contributed by atoms with van der Waals surface area (Å²) < 4.78 is 0. The third-order valence-electron chi connectivity index (χ3n) is 4.03. The predicted molar refractivity (Wildman–Crippen MR) is 99.9 cm³/mol. The van der Waals surface area contributed by atoms with Gasteiger partial charge < -0.3 is 10.1 Å². The van der Waals surface area contributed by atoms with Gasteiger partial charge in [0.1, 0.15) is 5.52 Å². The Bertz CT molecular complexity index is 1220. The summed E-state index contributed by atoms with van der Waals surface area (Å²) in [5.41, 5.74) is 5.94. The number of nitro groups is 1. The average Bonchev–Trinajstić information content (AvgIpc) is 3.02. The van der Waals surface area contributed by atoms with Gasteiger partial charge in [-0.25, -0.2) is 5.43 Å². The number of phenols is 1. The molecular formula is C17H13N7O3. The van der Waals surface area contributed by atoms with Gasteiger partial charge in [0, 0.05) is 17.0 Å². The van der Waals surface area contributed by atoms with Gasteiger partial charge in [-0.1, -0.05) is 18.2 Å². The number of rotatable bonds is 4. The van der Waals surface area contributed by atoms with Crippen molar-refractivity contribution in [2.24, 2.45) is 5.10 Å². The van der Waals surface area contributed by atoms with Crippen LogP contribution in [0.15, 0.2) is 41.5 Å². The van der Waals surface area contributed by atoms with Crippen molar-refractivity contribution >= 4 is 39.9 Å². The van der Waals surface area contributed by atoms with Crippen LogP contribution in [0.4, 0.5) is 11.6 Å². The van der Waals surface area contributed by atoms with Crippen LogP contribution in [0.1, 0.15) is 11.1 Å². The molecule has 0 aliphatic heterocycles. The van der Waals surface area contributed by atoms with Crippen molar-refractivity contribution in [2.45, 2.75) is 6.92 Å². The molecule has 0 unspecified atom stereocenters. The Hall–Kier alpha value is -4.08. The van der Waals surface area contributed by atoms with Crippen LogP contribution in [0.5, 0.6) is 5.75 Å². The summed E-state index contributed by atoms with van der Waals surface area (Å²) in [7, 11) is 0. The molecule has 10 heteroatoms. The molecule has 0 saturated carbocycles. The van der Waals surface area contributed by atoms with Crippen LogP contribution in [-0.4, -0.2) is 36.4 Å². The first-order valence-electron chi connectivity index (χ1n) is 7.91. The van der Waals surface area contributed by atoms with Crippen molar-refractivity contribution in [3.05, 3.63) is 57.6 Å². The lowest BCUT2D eigenvalue weighted by molar-refractivity contribution is -0.385. The van der Waals surface area contributed by atoms with Crippen molar-refractivity contribution in [2.75, 3.05) is 5.43 Å². The molecule has 0 aliphatic rings. The fraction of sp³-hybridized carbons (Fsp3) is 0.0588. The topological polar surface area (TPSA) is 142 Å². The van der Waals surface area contributed by atoms with Gasteiger partial charge in [0.05, 0.1) is 16.7 Å². The fourth-order valence-electron chi connectivity index (χ4n) is 2.72. The van der Waals surface area contributed by atoms with E-state index in [0.29, 0.717) is 16.7 Å². The molecule has 4 rings (SSSR count). The van der Waals surface area contributed by atoms with Crippen LogP contribution in [0.2, 0.25) is 0 Å². The highest BCUT2D eigenvalue weighted by atomic mass is 16.6. The van der Waals surface area contributed by atoms with E-state index >= 15 is 0 Å². The maximum Gasteiger partial charge on any atom is 0.311 e. The highest BCUT2D eigenvalue weighted by Gasteiger charge is 2.13. The first kappa shape index (κ1) is 16.4. The third kappa shape index (κ3) is 2.99. The number of H-pyrrole nitrogens is 1. The Morgan fingerprint density at radius 1 is 1.30 bits per heavy atom. The largest absolute Gasteiger partial charge is 0.502 e. The number of benzene rings is 2. The van der Waals surface area contributed by atoms with Gasteiger partial charge in [0.2, 0.25) is 0 Å². The Morgan fingerprint density at radius 3 is 2.96 bits per heavy atom. The second-order valence-corrected chi connectivity index (χ2v) is 5.83. The van der Waals surface area contributed by atoms with Crippen LogP contribution in [0.25, 0.3) is 22.1 Å². The summed E-state index contributed by atoms with van der Waals surface area (Å²) in [4.78, 5) is 17.7. The molecule has 0 radical (unpaired) electrons. The molecule has 2 aromatic carbocycles. The Labute approximate surface area is 151 Å². The number of phenolic OH excluding ortho intramolecular Hbond substituents is 1. The molecule has 0 fully saturated rings. The maximum atomic E-state index is 10.8. The Balaban J connectivity index is 1.60. The minimum absolute atomic E-state index is 0.177. The standard InChI is InChI=1S/C17H13N7O3/c1-9-3-2-4-11-14(9)19-16-15(11)21-23-17(20-16)22-18-8-10-5-6-13(25)12(7-10)24(26)27/h2-8,25H,1H3,(H2,19,20,22,23)/b18-8-. The van der Waals surface area contributed by atoms with E-state index < -0.39 is 16.4 Å². The molecule has 0 atom stereocenters. The van der Waals surface area contributed by atoms with Gasteiger partial charge in [-0.05, 0) is 24.6 Å². The van der Waals surface area contributed by atoms with Crippen LogP contribution >= 0.6 is 0 Å². The van der Waals surface area contributed by atoms with Crippen LogP contribution in [0.3, 0.4) is 0 Å². The second kappa shape index (κ2) is 6.33. The molecule has 0 bridgehead atoms. The highest BCUT2D eigenvalue weighted by Crippen LogP contribution is 2.26. The van der Waals surface area contributed by atoms with E-state index in [0.717, 1.165) is 16.5 Å². The fourth-order valence-corrected chi connectivity index (χ4v) is 2.72. The summed E-state index contributed by atoms with van der Waals surface area (Å²) in [6.07, 6.45) is 1.36. The monoisotopic (exact) mass is 363 g/mol. The van der Waals surface area contributed by atoms with Gasteiger partial charge in [-0.2, -0.15) is 10.1 Å². The number of nitro benzene ring substituents is 1. The minimum Gasteiger partial charge on any atom is -0.502 e. The zero-order chi connectivity index (χ0) is 19.0. The van der Waals surface area contributed by atoms with Crippen molar-refractivity contribution in [1.29, 1.82) is 0 Å². The first-order valence-corrected chi connectivity index (χ1v) is 7.91. The average molecular weight is 363 g/mol. The smallest absolute Gasteiger partial charge is 0.311 e. The lowest BCUT2D eigenvalue weighted by Gasteiger charge is -1.99. The number of anilines is 1. The molecule has 0 saturated heterocycles. The summed E-state index contributed by atoms with van der Waals surface area (Å²) in [6, 6.07) is 9.82. The van der Waals surface area contributed by atoms with Crippen LogP contribution in [0, 0.1) is 17.0 Å². The lowest BCUT2D eigenvalue weighted by atomic mass is 10.1. The van der Waals surface area contributed by atoms with Crippen molar-refractivity contribution in [1.82, 2.24) is 20.2 Å². The van der Waals surface area contributed by atoms with Crippen molar-refractivity contribution in [3.8, 4) is 5.75 Å². The molecule has 134 valence electrons. The van der Waals surface area contributed by atoms with Gasteiger partial charge in [0.25, 0.3) is 5.95 Å². The summed E-state index contributed by atoms with van der Waals surface area (Å²) in [6.45, 7) is 1.99. The molecule has 4 aromatic rings. The van der Waals surface area contributed by atoms with Gasteiger partial charge in [-0.15, -0.1) is 10.2 Å². The molecule has 2 heterocycles. The number of aryl methyl sites for hydroxylation is 1. The van der Waals surface area contributed by atoms with Crippen LogP contribution in [-0.2, 0) is 0 Å². The third-order valence-corrected chi connectivity index (χ3v) is 4.03. The quantitative estimate of drug-likeness (QED) is 0.287. The number of aromatic amines is 1. The molecule has 2 aromatic heterocycles. The van der Waals surface area contributed by atoms with Gasteiger partial charge >= 0.3 is 5.69 Å². The van der Waals surface area contributed by atoms with E-state index in [1.54, 1.807) is 0 Å². The molecule has 27 heavy (non-hydrogen) atoms. The summed E-state index contributed by atoms with van der Waals surface area (Å²) >= 11 is 0. The summed E-state index contributed by atoms with van der Waals surface area (Å²) in [5.74, 6) is -0.228. The van der Waals surface area contributed by atoms with Crippen molar-refractivity contribution in [3.63, 3.8) is 0 Å². The number of aromatic nitrogens is 4. The number of aromatic hydroxyl groups is 1. The van der Waals surface area contributed by atoms with Crippen molar-refractivity contribution < 1.29 is 10.0 Å². The van der Waals surface area contributed by atoms with E-state index in [9.17, 15) is 15.2 Å². The molecule has 10 nitrogen and oxygen atoms in total. The van der Waals surface area contributed by atoms with E-state index in [-0.39, 0.29) is 5.95 Å². The number of para-hydroxylation sites is 1. The van der Waals surface area contributed by atoms with Crippen LogP contribution < -0.4 is 5.43 Å². The molecule has 3 N–H and O–H groups in total. The zero-order valence-corrected chi connectivity index (χ0v) is 14.0. The van der Waals surface area contributed by atoms with Gasteiger partial charge in [0.15, 0.2) is 11.4 Å². The Morgan fingerprint density at radius 2 is 2.15 bits per heavy atom. The predicted octanol–water partition coefficient (Wildman–Crippen LogP) is 2.87. The highest BCUT2D eigenvalue weighted by molar-refractivity contribution is 6.04. The SMILES string of the molecule is Cc1cccc2c1[nH]c1nc(N/N=C\c3ccc(O)c([N+](=O)[O-])c3)nnc12. The second-order valence-electron chi connectivity index (χ2n) is 5.83. The maximum absolute atomic E-state index is 10.8. The molecule has 0 aliphatic carbocycles. The normalized spacial score (nSPS) is 11.4. The number of hydrogen-bond donors (Lipinski definition) is 3. The Kier molecular flexibility index (Phi) is 3.84. The molecule has 0 amide bonds.